The Morgan fingerprint density at radius 2 is 1.61 bits per heavy atom. The van der Waals surface area contributed by atoms with E-state index in [1.807, 2.05) is 54.9 Å². The summed E-state index contributed by atoms with van der Waals surface area (Å²) < 4.78 is 7.53. The zero-order valence-corrected chi connectivity index (χ0v) is 34.9. The Labute approximate surface area is 353 Å². The second-order valence-electron chi connectivity index (χ2n) is 17.1. The van der Waals surface area contributed by atoms with Crippen LogP contribution in [0.5, 0.6) is 0 Å². The van der Waals surface area contributed by atoms with Crippen LogP contribution < -0.4 is 15.5 Å². The molecule has 4 aliphatic rings. The van der Waals surface area contributed by atoms with E-state index in [0.717, 1.165) is 65.0 Å². The van der Waals surface area contributed by atoms with Crippen molar-refractivity contribution in [3.63, 3.8) is 0 Å². The van der Waals surface area contributed by atoms with Gasteiger partial charge in [0, 0.05) is 81.8 Å². The Kier molecular flexibility index (Phi) is 11.7. The Bertz CT molecular complexity index is 2360. The number of rotatable bonds is 11. The van der Waals surface area contributed by atoms with Crippen LogP contribution in [0.25, 0.3) is 22.3 Å². The predicted octanol–water partition coefficient (Wildman–Crippen LogP) is 4.79. The number of ether oxygens (including phenoxy) is 1. The van der Waals surface area contributed by atoms with Gasteiger partial charge in [-0.15, -0.1) is 0 Å². The molecular weight excluding hydrogens is 781 g/mol. The lowest BCUT2D eigenvalue weighted by molar-refractivity contribution is -0.136. The minimum Gasteiger partial charge on any atom is -0.444 e. The molecule has 0 spiro atoms. The highest BCUT2D eigenvalue weighted by Gasteiger charge is 2.44. The van der Waals surface area contributed by atoms with Crippen molar-refractivity contribution in [1.29, 1.82) is 0 Å². The number of anilines is 2. The Balaban J connectivity index is 0.758. The topological polar surface area (TPSA) is 192 Å². The third-order valence-electron chi connectivity index (χ3n) is 11.7. The number of piperazine rings is 1. The first kappa shape index (κ1) is 41.3. The van der Waals surface area contributed by atoms with E-state index in [0.29, 0.717) is 57.9 Å². The molecular formula is C44H52N10O7. The fourth-order valence-electron chi connectivity index (χ4n) is 8.41. The maximum Gasteiger partial charge on any atom is 0.410 e. The number of carbonyl (C=O) groups is 6. The molecule has 3 fully saturated rings. The standard InChI is InChI=1S/C44H52N10O7/c1-44(2,3)61-43(60)52-21-19-50(20-22-52)31-9-11-34-35(24-31)48-36(26-46-34)28-25-47-53(27-28)30-14-17-51(18-15-30)39(56)7-5-4-6-16-45-29-8-10-32-33(23-29)42(59)54(41(32)58)37-12-13-38(55)49-40(37)57/h8-11,23-27,30,37,45H,4-7,12-22H2,1-3H3,(H,49,55,57). The molecule has 3 saturated heterocycles. The van der Waals surface area contributed by atoms with E-state index in [-0.39, 0.29) is 42.0 Å². The molecule has 0 radical (unpaired) electrons. The van der Waals surface area contributed by atoms with Gasteiger partial charge in [0.2, 0.25) is 17.7 Å². The summed E-state index contributed by atoms with van der Waals surface area (Å²) in [5.74, 6) is -1.95. The van der Waals surface area contributed by atoms with Crippen molar-refractivity contribution in [3.05, 3.63) is 66.1 Å². The van der Waals surface area contributed by atoms with Gasteiger partial charge in [0.1, 0.15) is 11.6 Å². The number of aromatic nitrogens is 4. The molecule has 2 N–H and O–H groups in total. The number of unbranched alkanes of at least 4 members (excludes halogenated alkanes) is 2. The summed E-state index contributed by atoms with van der Waals surface area (Å²) in [5, 5.41) is 10.2. The molecule has 17 heteroatoms. The minimum atomic E-state index is -0.996. The van der Waals surface area contributed by atoms with Crippen LogP contribution in [0.2, 0.25) is 0 Å². The van der Waals surface area contributed by atoms with Crippen molar-refractivity contribution < 1.29 is 33.5 Å². The minimum absolute atomic E-state index is 0.0726. The molecule has 6 amide bonds. The van der Waals surface area contributed by atoms with Crippen molar-refractivity contribution in [2.45, 2.75) is 89.8 Å². The number of hydrogen-bond acceptors (Lipinski definition) is 12. The van der Waals surface area contributed by atoms with E-state index in [9.17, 15) is 28.8 Å². The highest BCUT2D eigenvalue weighted by molar-refractivity contribution is 6.23. The molecule has 1 atom stereocenters. The van der Waals surface area contributed by atoms with Gasteiger partial charge < -0.3 is 24.8 Å². The number of nitrogens with one attached hydrogen (secondary N) is 2. The molecule has 0 bridgehead atoms. The first-order valence-corrected chi connectivity index (χ1v) is 21.2. The quantitative estimate of drug-likeness (QED) is 0.155. The molecule has 8 rings (SSSR count). The largest absolute Gasteiger partial charge is 0.444 e. The number of amides is 6. The number of piperidine rings is 2. The first-order valence-electron chi connectivity index (χ1n) is 21.2. The van der Waals surface area contributed by atoms with Gasteiger partial charge in [0.25, 0.3) is 11.8 Å². The summed E-state index contributed by atoms with van der Waals surface area (Å²) in [6.07, 6.45) is 10.1. The number of fused-ring (bicyclic) bond motifs is 2. The van der Waals surface area contributed by atoms with Gasteiger partial charge in [-0.1, -0.05) is 6.42 Å². The number of carbonyl (C=O) groups excluding carboxylic acids is 6. The van der Waals surface area contributed by atoms with Crippen molar-refractivity contribution in [2.75, 3.05) is 56.0 Å². The van der Waals surface area contributed by atoms with Gasteiger partial charge in [-0.3, -0.25) is 43.9 Å². The molecule has 0 saturated carbocycles. The van der Waals surface area contributed by atoms with E-state index in [1.165, 1.54) is 0 Å². The maximum absolute atomic E-state index is 13.1. The Morgan fingerprint density at radius 3 is 2.36 bits per heavy atom. The van der Waals surface area contributed by atoms with Gasteiger partial charge in [-0.25, -0.2) is 9.78 Å². The Hall–Kier alpha value is -6.39. The molecule has 61 heavy (non-hydrogen) atoms. The molecule has 4 aliphatic heterocycles. The molecule has 320 valence electrons. The molecule has 4 aromatic rings. The summed E-state index contributed by atoms with van der Waals surface area (Å²) in [6, 6.07) is 10.2. The average Bonchev–Trinajstić information content (AvgIpc) is 3.84. The number of likely N-dealkylation sites (tertiary alicyclic amines) is 1. The van der Waals surface area contributed by atoms with Gasteiger partial charge in [-0.05, 0) is 89.3 Å². The van der Waals surface area contributed by atoms with Crippen molar-refractivity contribution in [2.24, 2.45) is 0 Å². The molecule has 6 heterocycles. The van der Waals surface area contributed by atoms with E-state index >= 15 is 0 Å². The van der Waals surface area contributed by atoms with Gasteiger partial charge in [0.15, 0.2) is 0 Å². The molecule has 17 nitrogen and oxygen atoms in total. The number of nitrogens with zero attached hydrogens (tertiary/aromatic N) is 8. The van der Waals surface area contributed by atoms with Crippen LogP contribution in [0.3, 0.4) is 0 Å². The number of benzene rings is 2. The summed E-state index contributed by atoms with van der Waals surface area (Å²) in [5.41, 5.74) is 4.90. The first-order chi connectivity index (χ1) is 29.3. The molecule has 1 unspecified atom stereocenters. The second-order valence-corrected chi connectivity index (χ2v) is 17.1. The van der Waals surface area contributed by atoms with Gasteiger partial charge >= 0.3 is 6.09 Å². The van der Waals surface area contributed by atoms with Gasteiger partial charge in [0.05, 0.1) is 46.3 Å². The number of hydrogen-bond donors (Lipinski definition) is 2. The van der Waals surface area contributed by atoms with Crippen LogP contribution in [-0.2, 0) is 19.1 Å². The fraction of sp³-hybridized carbons (Fsp3) is 0.477. The normalized spacial score (nSPS) is 18.8. The zero-order chi connectivity index (χ0) is 42.8. The predicted molar refractivity (Wildman–Crippen MR) is 226 cm³/mol. The van der Waals surface area contributed by atoms with Crippen molar-refractivity contribution >= 4 is 58.0 Å². The summed E-state index contributed by atoms with van der Waals surface area (Å²) in [7, 11) is 0. The van der Waals surface area contributed by atoms with Crippen LogP contribution in [0.4, 0.5) is 16.2 Å². The third-order valence-corrected chi connectivity index (χ3v) is 11.7. The summed E-state index contributed by atoms with van der Waals surface area (Å²) in [4.78, 5) is 92.1. The van der Waals surface area contributed by atoms with Gasteiger partial charge in [-0.2, -0.15) is 5.10 Å². The van der Waals surface area contributed by atoms with Crippen LogP contribution in [0.1, 0.15) is 98.9 Å². The average molecular weight is 833 g/mol. The highest BCUT2D eigenvalue weighted by Crippen LogP contribution is 2.31. The summed E-state index contributed by atoms with van der Waals surface area (Å²) >= 11 is 0. The third kappa shape index (κ3) is 9.20. The fourth-order valence-corrected chi connectivity index (χ4v) is 8.41. The lowest BCUT2D eigenvalue weighted by atomic mass is 10.0. The SMILES string of the molecule is CC(C)(C)OC(=O)N1CCN(c2ccc3ncc(-c4cnn(C5CCN(C(=O)CCCCCNc6ccc7c(c6)C(=O)N(C6CCC(=O)NC6=O)C7=O)CC5)c4)nc3c2)CC1. The van der Waals surface area contributed by atoms with E-state index in [4.69, 9.17) is 9.72 Å². The lowest BCUT2D eigenvalue weighted by Crippen LogP contribution is -2.54. The van der Waals surface area contributed by atoms with Crippen molar-refractivity contribution in [3.8, 4) is 11.3 Å². The van der Waals surface area contributed by atoms with E-state index in [2.05, 4.69) is 31.7 Å². The van der Waals surface area contributed by atoms with Crippen LogP contribution in [0.15, 0.2) is 55.0 Å². The summed E-state index contributed by atoms with van der Waals surface area (Å²) in [6.45, 7) is 10.2. The highest BCUT2D eigenvalue weighted by atomic mass is 16.6. The van der Waals surface area contributed by atoms with E-state index < -0.39 is 35.3 Å². The van der Waals surface area contributed by atoms with Crippen LogP contribution in [0, 0.1) is 0 Å². The lowest BCUT2D eigenvalue weighted by Gasteiger charge is -2.36. The monoisotopic (exact) mass is 832 g/mol. The smallest absolute Gasteiger partial charge is 0.410 e. The molecule has 2 aromatic heterocycles. The zero-order valence-electron chi connectivity index (χ0n) is 34.9. The number of imide groups is 2. The van der Waals surface area contributed by atoms with Crippen LogP contribution in [-0.4, -0.2) is 128 Å². The molecule has 0 aliphatic carbocycles. The van der Waals surface area contributed by atoms with E-state index in [1.54, 1.807) is 29.3 Å². The Morgan fingerprint density at radius 1 is 0.836 bits per heavy atom. The van der Waals surface area contributed by atoms with Crippen LogP contribution >= 0.6 is 0 Å². The maximum atomic E-state index is 13.1. The second kappa shape index (κ2) is 17.3. The molecule has 2 aromatic carbocycles. The van der Waals surface area contributed by atoms with Crippen molar-refractivity contribution in [1.82, 2.24) is 39.8 Å².